The molecule has 0 aliphatic carbocycles. The quantitative estimate of drug-likeness (QED) is 0.744. The van der Waals surface area contributed by atoms with Gasteiger partial charge in [0.25, 0.3) is 0 Å². The highest BCUT2D eigenvalue weighted by molar-refractivity contribution is 5.84. The molecule has 2 aromatic carbocycles. The van der Waals surface area contributed by atoms with E-state index in [1.165, 1.54) is 28.6 Å². The van der Waals surface area contributed by atoms with Gasteiger partial charge in [0.1, 0.15) is 5.82 Å². The van der Waals surface area contributed by atoms with Crippen molar-refractivity contribution in [1.82, 2.24) is 10.3 Å². The number of fused-ring (bicyclic) bond motifs is 1. The monoisotopic (exact) mass is 310 g/mol. The van der Waals surface area contributed by atoms with E-state index in [4.69, 9.17) is 0 Å². The van der Waals surface area contributed by atoms with Crippen molar-refractivity contribution in [3.63, 3.8) is 0 Å². The topological polar surface area (TPSA) is 44.9 Å². The molecule has 1 amide bonds. The minimum absolute atomic E-state index is 0.0485. The molecule has 3 aromatic rings. The maximum atomic E-state index is 12.8. The smallest absolute Gasteiger partial charge is 0.224 e. The summed E-state index contributed by atoms with van der Waals surface area (Å²) in [5, 5.41) is 4.12. The molecule has 0 aliphatic heterocycles. The highest BCUT2D eigenvalue weighted by Gasteiger charge is 2.06. The fourth-order valence-corrected chi connectivity index (χ4v) is 2.69. The number of amides is 1. The van der Waals surface area contributed by atoms with Crippen molar-refractivity contribution < 1.29 is 9.18 Å². The number of hydrogen-bond acceptors (Lipinski definition) is 1. The number of halogens is 1. The van der Waals surface area contributed by atoms with Gasteiger partial charge in [-0.05, 0) is 48.7 Å². The Morgan fingerprint density at radius 3 is 2.74 bits per heavy atom. The first-order chi connectivity index (χ1) is 11.1. The largest absolute Gasteiger partial charge is 0.361 e. The van der Waals surface area contributed by atoms with Crippen LogP contribution in [0.5, 0.6) is 0 Å². The maximum Gasteiger partial charge on any atom is 0.224 e. The number of nitrogens with one attached hydrogen (secondary N) is 2. The number of hydrogen-bond donors (Lipinski definition) is 2. The van der Waals surface area contributed by atoms with Crippen molar-refractivity contribution >= 4 is 16.8 Å². The Bertz CT molecular complexity index is 821. The molecule has 0 bridgehead atoms. The Labute approximate surface area is 134 Å². The lowest BCUT2D eigenvalue weighted by Crippen LogP contribution is -2.27. The second kappa shape index (κ2) is 6.65. The van der Waals surface area contributed by atoms with Crippen LogP contribution in [0.2, 0.25) is 0 Å². The molecule has 0 aliphatic rings. The predicted octanol–water partition coefficient (Wildman–Crippen LogP) is 3.52. The van der Waals surface area contributed by atoms with E-state index >= 15 is 0 Å². The number of H-pyrrole nitrogens is 1. The van der Waals surface area contributed by atoms with E-state index in [-0.39, 0.29) is 18.1 Å². The molecule has 0 unspecified atom stereocenters. The molecular formula is C19H19FN2O. The average molecular weight is 310 g/mol. The summed E-state index contributed by atoms with van der Waals surface area (Å²) in [5.41, 5.74) is 4.35. The standard InChI is InChI=1S/C19H19FN2O/c1-13-2-7-18-17(10-13)15(12-22-18)8-9-21-19(23)11-14-3-5-16(20)6-4-14/h2-7,10,12,22H,8-9,11H2,1H3,(H,21,23). The third kappa shape index (κ3) is 3.77. The molecule has 1 aromatic heterocycles. The highest BCUT2D eigenvalue weighted by atomic mass is 19.1. The van der Waals surface area contributed by atoms with Crippen LogP contribution in [-0.2, 0) is 17.6 Å². The minimum atomic E-state index is -0.288. The summed E-state index contributed by atoms with van der Waals surface area (Å²) in [7, 11) is 0. The second-order valence-electron chi connectivity index (χ2n) is 5.77. The molecule has 4 heteroatoms. The van der Waals surface area contributed by atoms with Crippen molar-refractivity contribution in [2.24, 2.45) is 0 Å². The van der Waals surface area contributed by atoms with Gasteiger partial charge in [-0.25, -0.2) is 4.39 Å². The minimum Gasteiger partial charge on any atom is -0.361 e. The van der Waals surface area contributed by atoms with Gasteiger partial charge in [0.2, 0.25) is 5.91 Å². The Balaban J connectivity index is 1.55. The van der Waals surface area contributed by atoms with Crippen molar-refractivity contribution in [1.29, 1.82) is 0 Å². The lowest BCUT2D eigenvalue weighted by molar-refractivity contribution is -0.120. The zero-order chi connectivity index (χ0) is 16.2. The Morgan fingerprint density at radius 2 is 1.96 bits per heavy atom. The van der Waals surface area contributed by atoms with Crippen LogP contribution in [0.4, 0.5) is 4.39 Å². The van der Waals surface area contributed by atoms with E-state index < -0.39 is 0 Å². The zero-order valence-electron chi connectivity index (χ0n) is 13.0. The van der Waals surface area contributed by atoms with Crippen LogP contribution in [0.25, 0.3) is 10.9 Å². The Hall–Kier alpha value is -2.62. The van der Waals surface area contributed by atoms with Gasteiger partial charge in [0.15, 0.2) is 0 Å². The number of aryl methyl sites for hydroxylation is 1. The first kappa shape index (κ1) is 15.3. The van der Waals surface area contributed by atoms with E-state index in [9.17, 15) is 9.18 Å². The molecule has 0 radical (unpaired) electrons. The van der Waals surface area contributed by atoms with E-state index in [1.807, 2.05) is 6.20 Å². The van der Waals surface area contributed by atoms with E-state index in [0.717, 1.165) is 17.5 Å². The number of rotatable bonds is 5. The van der Waals surface area contributed by atoms with Gasteiger partial charge in [-0.1, -0.05) is 23.8 Å². The summed E-state index contributed by atoms with van der Waals surface area (Å²) < 4.78 is 12.8. The van der Waals surface area contributed by atoms with Crippen LogP contribution in [0.15, 0.2) is 48.7 Å². The van der Waals surface area contributed by atoms with Crippen LogP contribution in [0, 0.1) is 12.7 Å². The lowest BCUT2D eigenvalue weighted by atomic mass is 10.1. The number of carbonyl (C=O) groups excluding carboxylic acids is 1. The molecule has 2 N–H and O–H groups in total. The maximum absolute atomic E-state index is 12.8. The molecule has 0 saturated carbocycles. The zero-order valence-corrected chi connectivity index (χ0v) is 13.0. The third-order valence-electron chi connectivity index (χ3n) is 3.92. The number of benzene rings is 2. The summed E-state index contributed by atoms with van der Waals surface area (Å²) in [6.07, 6.45) is 3.04. The number of aromatic nitrogens is 1. The molecule has 0 atom stereocenters. The van der Waals surface area contributed by atoms with Crippen LogP contribution in [0.3, 0.4) is 0 Å². The van der Waals surface area contributed by atoms with Crippen molar-refractivity contribution in [2.75, 3.05) is 6.54 Å². The Morgan fingerprint density at radius 1 is 1.17 bits per heavy atom. The molecule has 1 heterocycles. The molecule has 3 nitrogen and oxygen atoms in total. The van der Waals surface area contributed by atoms with Crippen LogP contribution in [-0.4, -0.2) is 17.4 Å². The fraction of sp³-hybridized carbons (Fsp3) is 0.211. The molecule has 23 heavy (non-hydrogen) atoms. The van der Waals surface area contributed by atoms with Crippen LogP contribution >= 0.6 is 0 Å². The summed E-state index contributed by atoms with van der Waals surface area (Å²) >= 11 is 0. The molecular weight excluding hydrogens is 291 g/mol. The lowest BCUT2D eigenvalue weighted by Gasteiger charge is -2.05. The van der Waals surface area contributed by atoms with Gasteiger partial charge in [0, 0.05) is 23.6 Å². The first-order valence-corrected chi connectivity index (χ1v) is 7.69. The molecule has 0 fully saturated rings. The third-order valence-corrected chi connectivity index (χ3v) is 3.92. The van der Waals surface area contributed by atoms with Crippen LogP contribution < -0.4 is 5.32 Å². The van der Waals surface area contributed by atoms with Crippen molar-refractivity contribution in [3.8, 4) is 0 Å². The number of carbonyl (C=O) groups is 1. The van der Waals surface area contributed by atoms with E-state index in [2.05, 4.69) is 35.4 Å². The fourth-order valence-electron chi connectivity index (χ4n) is 2.69. The average Bonchev–Trinajstić information content (AvgIpc) is 2.92. The Kier molecular flexibility index (Phi) is 4.42. The summed E-state index contributed by atoms with van der Waals surface area (Å²) in [6, 6.07) is 12.3. The first-order valence-electron chi connectivity index (χ1n) is 7.69. The predicted molar refractivity (Wildman–Crippen MR) is 89.9 cm³/mol. The summed E-state index contributed by atoms with van der Waals surface area (Å²) in [5.74, 6) is -0.337. The van der Waals surface area contributed by atoms with Gasteiger partial charge < -0.3 is 10.3 Å². The van der Waals surface area contributed by atoms with Gasteiger partial charge in [-0.15, -0.1) is 0 Å². The van der Waals surface area contributed by atoms with E-state index in [0.29, 0.717) is 6.54 Å². The highest BCUT2D eigenvalue weighted by Crippen LogP contribution is 2.19. The van der Waals surface area contributed by atoms with Crippen molar-refractivity contribution in [2.45, 2.75) is 19.8 Å². The molecule has 118 valence electrons. The molecule has 0 saturated heterocycles. The van der Waals surface area contributed by atoms with Crippen LogP contribution in [0.1, 0.15) is 16.7 Å². The SMILES string of the molecule is Cc1ccc2[nH]cc(CCNC(=O)Cc3ccc(F)cc3)c2c1. The van der Waals surface area contributed by atoms with Gasteiger partial charge in [0.05, 0.1) is 6.42 Å². The number of aromatic amines is 1. The van der Waals surface area contributed by atoms with E-state index in [1.54, 1.807) is 12.1 Å². The summed E-state index contributed by atoms with van der Waals surface area (Å²) in [6.45, 7) is 2.65. The molecule has 3 rings (SSSR count). The summed E-state index contributed by atoms with van der Waals surface area (Å²) in [4.78, 5) is 15.2. The van der Waals surface area contributed by atoms with Crippen molar-refractivity contribution in [3.05, 3.63) is 71.2 Å². The van der Waals surface area contributed by atoms with Gasteiger partial charge >= 0.3 is 0 Å². The molecule has 0 spiro atoms. The second-order valence-corrected chi connectivity index (χ2v) is 5.77. The normalized spacial score (nSPS) is 10.9. The van der Waals surface area contributed by atoms with Gasteiger partial charge in [-0.2, -0.15) is 0 Å². The van der Waals surface area contributed by atoms with Gasteiger partial charge in [-0.3, -0.25) is 4.79 Å².